The van der Waals surface area contributed by atoms with Gasteiger partial charge in [0.2, 0.25) is 5.91 Å². The highest BCUT2D eigenvalue weighted by molar-refractivity contribution is 6.45. The minimum Gasteiger partial charge on any atom is -0.373 e. The van der Waals surface area contributed by atoms with Crippen LogP contribution < -0.4 is 10.2 Å². The molecule has 1 atom stereocenters. The number of carbonyl (C=O) groups excluding carboxylic acids is 2. The Balaban J connectivity index is 1.87. The highest BCUT2D eigenvalue weighted by Gasteiger charge is 2.40. The SMILES string of the molecule is O=C1C[C@@H](Nc2cccc(F)c2)C(=O)N1c1cccc(Cl)c1Cl. The van der Waals surface area contributed by atoms with Crippen LogP contribution in [0.2, 0.25) is 10.0 Å². The fourth-order valence-corrected chi connectivity index (χ4v) is 2.82. The van der Waals surface area contributed by atoms with Gasteiger partial charge in [0.15, 0.2) is 0 Å². The number of nitrogens with zero attached hydrogens (tertiary/aromatic N) is 1. The van der Waals surface area contributed by atoms with Crippen LogP contribution in [0.4, 0.5) is 15.8 Å². The van der Waals surface area contributed by atoms with Crippen LogP contribution in [-0.4, -0.2) is 17.9 Å². The Morgan fingerprint density at radius 3 is 2.61 bits per heavy atom. The zero-order valence-electron chi connectivity index (χ0n) is 11.7. The fraction of sp³-hybridized carbons (Fsp3) is 0.125. The first kappa shape index (κ1) is 15.8. The Labute approximate surface area is 141 Å². The maximum absolute atomic E-state index is 13.2. The first-order valence-corrected chi connectivity index (χ1v) is 7.56. The third kappa shape index (κ3) is 3.02. The van der Waals surface area contributed by atoms with E-state index in [0.717, 1.165) is 4.90 Å². The van der Waals surface area contributed by atoms with Crippen LogP contribution in [0.1, 0.15) is 6.42 Å². The van der Waals surface area contributed by atoms with Crippen LogP contribution in [0.5, 0.6) is 0 Å². The van der Waals surface area contributed by atoms with E-state index >= 15 is 0 Å². The van der Waals surface area contributed by atoms with E-state index in [9.17, 15) is 14.0 Å². The topological polar surface area (TPSA) is 49.4 Å². The average molecular weight is 353 g/mol. The Morgan fingerprint density at radius 2 is 1.87 bits per heavy atom. The molecule has 0 radical (unpaired) electrons. The molecule has 0 bridgehead atoms. The number of amides is 2. The summed E-state index contributed by atoms with van der Waals surface area (Å²) in [6.45, 7) is 0. The second-order valence-electron chi connectivity index (χ2n) is 5.05. The molecule has 1 saturated heterocycles. The van der Waals surface area contributed by atoms with Gasteiger partial charge in [-0.15, -0.1) is 0 Å². The van der Waals surface area contributed by atoms with Gasteiger partial charge < -0.3 is 5.32 Å². The average Bonchev–Trinajstić information content (AvgIpc) is 2.77. The molecule has 0 saturated carbocycles. The molecule has 1 N–H and O–H groups in total. The van der Waals surface area contributed by atoms with Gasteiger partial charge in [-0.25, -0.2) is 9.29 Å². The molecule has 2 amide bonds. The molecular formula is C16H11Cl2FN2O2. The van der Waals surface area contributed by atoms with E-state index < -0.39 is 23.7 Å². The lowest BCUT2D eigenvalue weighted by molar-refractivity contribution is -0.121. The van der Waals surface area contributed by atoms with Crippen molar-refractivity contribution < 1.29 is 14.0 Å². The number of rotatable bonds is 3. The van der Waals surface area contributed by atoms with Crippen molar-refractivity contribution in [2.75, 3.05) is 10.2 Å². The Bertz CT molecular complexity index is 797. The molecule has 1 heterocycles. The predicted molar refractivity (Wildman–Crippen MR) is 87.4 cm³/mol. The maximum Gasteiger partial charge on any atom is 0.256 e. The van der Waals surface area contributed by atoms with E-state index in [1.54, 1.807) is 24.3 Å². The summed E-state index contributed by atoms with van der Waals surface area (Å²) in [5, 5.41) is 3.26. The summed E-state index contributed by atoms with van der Waals surface area (Å²) in [4.78, 5) is 25.7. The zero-order chi connectivity index (χ0) is 16.6. The van der Waals surface area contributed by atoms with Gasteiger partial charge in [-0.3, -0.25) is 9.59 Å². The molecule has 1 fully saturated rings. The van der Waals surface area contributed by atoms with Crippen LogP contribution in [0.3, 0.4) is 0 Å². The van der Waals surface area contributed by atoms with Crippen LogP contribution in [0.15, 0.2) is 42.5 Å². The number of anilines is 2. The third-order valence-corrected chi connectivity index (χ3v) is 4.29. The van der Waals surface area contributed by atoms with Gasteiger partial charge in [-0.05, 0) is 30.3 Å². The Morgan fingerprint density at radius 1 is 1.13 bits per heavy atom. The summed E-state index contributed by atoms with van der Waals surface area (Å²) in [5.74, 6) is -1.28. The number of halogens is 3. The molecule has 0 aromatic heterocycles. The molecule has 0 unspecified atom stereocenters. The van der Waals surface area contributed by atoms with Crippen molar-refractivity contribution in [1.29, 1.82) is 0 Å². The molecular weight excluding hydrogens is 342 g/mol. The van der Waals surface area contributed by atoms with Crippen LogP contribution >= 0.6 is 23.2 Å². The largest absolute Gasteiger partial charge is 0.373 e. The molecule has 3 rings (SSSR count). The van der Waals surface area contributed by atoms with E-state index in [4.69, 9.17) is 23.2 Å². The second-order valence-corrected chi connectivity index (χ2v) is 5.84. The van der Waals surface area contributed by atoms with Gasteiger partial charge in [0.1, 0.15) is 11.9 Å². The van der Waals surface area contributed by atoms with Gasteiger partial charge >= 0.3 is 0 Å². The summed E-state index contributed by atoms with van der Waals surface area (Å²) in [6.07, 6.45) is -0.0435. The molecule has 2 aromatic carbocycles. The lowest BCUT2D eigenvalue weighted by Crippen LogP contribution is -2.35. The van der Waals surface area contributed by atoms with E-state index in [0.29, 0.717) is 5.69 Å². The van der Waals surface area contributed by atoms with Crippen molar-refractivity contribution >= 4 is 46.4 Å². The Kier molecular flexibility index (Phi) is 4.24. The molecule has 23 heavy (non-hydrogen) atoms. The molecule has 0 spiro atoms. The van der Waals surface area contributed by atoms with Crippen LogP contribution in [0, 0.1) is 5.82 Å². The van der Waals surface area contributed by atoms with Gasteiger partial charge in [0.25, 0.3) is 5.91 Å². The number of benzene rings is 2. The normalized spacial score (nSPS) is 17.7. The number of nitrogens with one attached hydrogen (secondary N) is 1. The summed E-state index contributed by atoms with van der Waals surface area (Å²) in [6, 6.07) is 9.64. The smallest absolute Gasteiger partial charge is 0.256 e. The van der Waals surface area contributed by atoms with Crippen molar-refractivity contribution in [3.8, 4) is 0 Å². The Hall–Kier alpha value is -2.11. The molecule has 118 valence electrons. The standard InChI is InChI=1S/C16H11Cl2FN2O2/c17-11-5-2-6-13(15(11)18)21-14(22)8-12(16(21)23)20-10-4-1-3-9(19)7-10/h1-7,12,20H,8H2/t12-/m1/s1. The quantitative estimate of drug-likeness (QED) is 0.852. The van der Waals surface area contributed by atoms with Crippen molar-refractivity contribution in [1.82, 2.24) is 0 Å². The number of imide groups is 1. The highest BCUT2D eigenvalue weighted by Crippen LogP contribution is 2.35. The van der Waals surface area contributed by atoms with Crippen molar-refractivity contribution in [2.45, 2.75) is 12.5 Å². The van der Waals surface area contributed by atoms with Gasteiger partial charge in [0, 0.05) is 5.69 Å². The number of hydrogen-bond acceptors (Lipinski definition) is 3. The third-order valence-electron chi connectivity index (χ3n) is 3.48. The summed E-state index contributed by atoms with van der Waals surface area (Å²) in [7, 11) is 0. The minimum absolute atomic E-state index is 0.0435. The summed E-state index contributed by atoms with van der Waals surface area (Å²) < 4.78 is 13.2. The van der Waals surface area contributed by atoms with Gasteiger partial charge in [-0.1, -0.05) is 35.3 Å². The van der Waals surface area contributed by atoms with E-state index in [-0.39, 0.29) is 22.2 Å². The van der Waals surface area contributed by atoms with E-state index in [1.165, 1.54) is 18.2 Å². The lowest BCUT2D eigenvalue weighted by Gasteiger charge is -2.17. The molecule has 1 aliphatic rings. The maximum atomic E-state index is 13.2. The molecule has 0 aliphatic carbocycles. The first-order valence-electron chi connectivity index (χ1n) is 6.80. The van der Waals surface area contributed by atoms with Crippen molar-refractivity contribution in [3.63, 3.8) is 0 Å². The summed E-state index contributed by atoms with van der Waals surface area (Å²) in [5.41, 5.74) is 0.674. The highest BCUT2D eigenvalue weighted by atomic mass is 35.5. The van der Waals surface area contributed by atoms with Crippen LogP contribution in [-0.2, 0) is 9.59 Å². The van der Waals surface area contributed by atoms with Crippen molar-refractivity contribution in [2.24, 2.45) is 0 Å². The molecule has 1 aliphatic heterocycles. The predicted octanol–water partition coefficient (Wildman–Crippen LogP) is 3.88. The monoisotopic (exact) mass is 352 g/mol. The molecule has 2 aromatic rings. The fourth-order valence-electron chi connectivity index (χ4n) is 2.44. The number of carbonyl (C=O) groups is 2. The molecule has 4 nitrogen and oxygen atoms in total. The van der Waals surface area contributed by atoms with Crippen LogP contribution in [0.25, 0.3) is 0 Å². The van der Waals surface area contributed by atoms with E-state index in [2.05, 4.69) is 5.32 Å². The minimum atomic E-state index is -0.778. The van der Waals surface area contributed by atoms with E-state index in [1.807, 2.05) is 0 Å². The first-order chi connectivity index (χ1) is 11.0. The lowest BCUT2D eigenvalue weighted by atomic mass is 10.2. The summed E-state index contributed by atoms with van der Waals surface area (Å²) >= 11 is 12.0. The van der Waals surface area contributed by atoms with Gasteiger partial charge in [0.05, 0.1) is 22.2 Å². The second kappa shape index (κ2) is 6.18. The van der Waals surface area contributed by atoms with Gasteiger partial charge in [-0.2, -0.15) is 0 Å². The molecule has 7 heteroatoms. The zero-order valence-corrected chi connectivity index (χ0v) is 13.2. The van der Waals surface area contributed by atoms with Crippen molar-refractivity contribution in [3.05, 3.63) is 58.3 Å². The number of hydrogen-bond donors (Lipinski definition) is 1.